The van der Waals surface area contributed by atoms with E-state index in [9.17, 15) is 14.4 Å². The van der Waals surface area contributed by atoms with Crippen LogP contribution in [0.5, 0.6) is 0 Å². The van der Waals surface area contributed by atoms with Gasteiger partial charge in [-0.05, 0) is 64.2 Å². The Morgan fingerprint density at radius 2 is 1.91 bits per heavy atom. The zero-order chi connectivity index (χ0) is 23.5. The Morgan fingerprint density at radius 1 is 1.15 bits per heavy atom. The molecular weight excluding hydrogens is 440 g/mol. The topological polar surface area (TPSA) is 94.6 Å². The van der Waals surface area contributed by atoms with Gasteiger partial charge in [-0.2, -0.15) is 0 Å². The summed E-state index contributed by atoms with van der Waals surface area (Å²) >= 11 is 1.40. The Labute approximate surface area is 196 Å². The van der Waals surface area contributed by atoms with Crippen LogP contribution in [0.1, 0.15) is 63.5 Å². The molecule has 2 heterocycles. The second kappa shape index (κ2) is 9.70. The molecule has 1 aromatic carbocycles. The number of benzene rings is 1. The number of pyridine rings is 1. The maximum absolute atomic E-state index is 12.9. The van der Waals surface area contributed by atoms with Crippen LogP contribution in [0.2, 0.25) is 0 Å². The molecule has 0 aliphatic heterocycles. The molecule has 0 radical (unpaired) electrons. The van der Waals surface area contributed by atoms with Crippen LogP contribution >= 0.6 is 11.3 Å². The molecule has 8 heteroatoms. The zero-order valence-electron chi connectivity index (χ0n) is 18.9. The van der Waals surface area contributed by atoms with Crippen molar-refractivity contribution in [3.8, 4) is 0 Å². The van der Waals surface area contributed by atoms with Crippen molar-refractivity contribution in [3.05, 3.63) is 57.6 Å². The number of aromatic nitrogens is 1. The third kappa shape index (κ3) is 4.75. The van der Waals surface area contributed by atoms with Gasteiger partial charge < -0.3 is 14.8 Å². The van der Waals surface area contributed by atoms with Crippen LogP contribution in [0.25, 0.3) is 10.9 Å². The largest absolute Gasteiger partial charge is 0.462 e. The van der Waals surface area contributed by atoms with Crippen molar-refractivity contribution in [2.45, 2.75) is 52.6 Å². The van der Waals surface area contributed by atoms with Gasteiger partial charge in [-0.25, -0.2) is 9.59 Å². The summed E-state index contributed by atoms with van der Waals surface area (Å²) in [6, 6.07) is 8.94. The lowest BCUT2D eigenvalue weighted by molar-refractivity contribution is -0.123. The Balaban J connectivity index is 1.54. The van der Waals surface area contributed by atoms with Crippen LogP contribution in [0.4, 0.5) is 5.00 Å². The van der Waals surface area contributed by atoms with Gasteiger partial charge in [-0.15, -0.1) is 11.3 Å². The molecule has 2 aromatic heterocycles. The summed E-state index contributed by atoms with van der Waals surface area (Å²) < 4.78 is 10.7. The number of carbonyl (C=O) groups excluding carboxylic acids is 3. The number of nitrogens with zero attached hydrogens (tertiary/aromatic N) is 1. The number of anilines is 1. The smallest absolute Gasteiger partial charge is 0.341 e. The Morgan fingerprint density at radius 3 is 2.70 bits per heavy atom. The zero-order valence-corrected chi connectivity index (χ0v) is 19.7. The van der Waals surface area contributed by atoms with E-state index in [-0.39, 0.29) is 6.61 Å². The number of hydrogen-bond acceptors (Lipinski definition) is 7. The SMILES string of the molecule is CCOC(=O)c1c(NC(=O)[C@H](C)OC(=O)c2cc(C)nc3ccccc23)sc2c1CCCC2. The molecule has 0 saturated carbocycles. The summed E-state index contributed by atoms with van der Waals surface area (Å²) in [7, 11) is 0. The maximum Gasteiger partial charge on any atom is 0.341 e. The fourth-order valence-corrected chi connectivity index (χ4v) is 5.32. The number of aryl methyl sites for hydroxylation is 2. The van der Waals surface area contributed by atoms with E-state index in [2.05, 4.69) is 10.3 Å². The predicted octanol–water partition coefficient (Wildman–Crippen LogP) is 4.84. The molecule has 172 valence electrons. The van der Waals surface area contributed by atoms with Crippen LogP contribution in [0, 0.1) is 6.92 Å². The minimum Gasteiger partial charge on any atom is -0.462 e. The highest BCUT2D eigenvalue weighted by Crippen LogP contribution is 2.38. The number of ether oxygens (including phenoxy) is 2. The summed E-state index contributed by atoms with van der Waals surface area (Å²) in [6.45, 7) is 5.32. The molecule has 3 aromatic rings. The van der Waals surface area contributed by atoms with Crippen LogP contribution < -0.4 is 5.32 Å². The first-order valence-corrected chi connectivity index (χ1v) is 11.9. The number of nitrogens with one attached hydrogen (secondary N) is 1. The average Bonchev–Trinajstić information content (AvgIpc) is 3.16. The lowest BCUT2D eigenvalue weighted by Gasteiger charge is -2.15. The van der Waals surface area contributed by atoms with Gasteiger partial charge in [0.2, 0.25) is 0 Å². The summed E-state index contributed by atoms with van der Waals surface area (Å²) in [5.41, 5.74) is 3.12. The van der Waals surface area contributed by atoms with Crippen LogP contribution in [-0.4, -0.2) is 35.5 Å². The number of para-hydroxylation sites is 1. The van der Waals surface area contributed by atoms with Crippen LogP contribution in [0.3, 0.4) is 0 Å². The average molecular weight is 467 g/mol. The lowest BCUT2D eigenvalue weighted by Crippen LogP contribution is -2.30. The molecule has 1 atom stereocenters. The number of fused-ring (bicyclic) bond motifs is 2. The molecular formula is C25H26N2O5S. The van der Waals surface area contributed by atoms with E-state index in [4.69, 9.17) is 9.47 Å². The van der Waals surface area contributed by atoms with E-state index in [1.54, 1.807) is 26.0 Å². The van der Waals surface area contributed by atoms with E-state index in [1.165, 1.54) is 18.3 Å². The van der Waals surface area contributed by atoms with Gasteiger partial charge in [-0.1, -0.05) is 18.2 Å². The number of hydrogen-bond donors (Lipinski definition) is 1. The number of amides is 1. The molecule has 0 spiro atoms. The van der Waals surface area contributed by atoms with Crippen molar-refractivity contribution in [3.63, 3.8) is 0 Å². The van der Waals surface area contributed by atoms with Gasteiger partial charge in [0.1, 0.15) is 5.00 Å². The van der Waals surface area contributed by atoms with Gasteiger partial charge in [0.05, 0.1) is 23.3 Å². The van der Waals surface area contributed by atoms with Crippen molar-refractivity contribution in [1.29, 1.82) is 0 Å². The summed E-state index contributed by atoms with van der Waals surface area (Å²) in [5.74, 6) is -1.53. The second-order valence-corrected chi connectivity index (χ2v) is 9.11. The Hall–Kier alpha value is -3.26. The normalized spacial score (nSPS) is 13.8. The molecule has 1 N–H and O–H groups in total. The maximum atomic E-state index is 12.9. The molecule has 7 nitrogen and oxygen atoms in total. The second-order valence-electron chi connectivity index (χ2n) is 8.00. The van der Waals surface area contributed by atoms with Crippen LogP contribution in [-0.2, 0) is 27.1 Å². The highest BCUT2D eigenvalue weighted by atomic mass is 32.1. The predicted molar refractivity (Wildman–Crippen MR) is 127 cm³/mol. The quantitative estimate of drug-likeness (QED) is 0.522. The van der Waals surface area contributed by atoms with Crippen molar-refractivity contribution in [2.24, 2.45) is 0 Å². The molecule has 33 heavy (non-hydrogen) atoms. The summed E-state index contributed by atoms with van der Waals surface area (Å²) in [6.07, 6.45) is 2.66. The van der Waals surface area contributed by atoms with Crippen LogP contribution in [0.15, 0.2) is 30.3 Å². The number of rotatable bonds is 6. The number of esters is 2. The van der Waals surface area contributed by atoms with E-state index >= 15 is 0 Å². The van der Waals surface area contributed by atoms with Gasteiger partial charge in [0.15, 0.2) is 6.10 Å². The fraction of sp³-hybridized carbons (Fsp3) is 0.360. The van der Waals surface area contributed by atoms with Crippen molar-refractivity contribution < 1.29 is 23.9 Å². The monoisotopic (exact) mass is 466 g/mol. The third-order valence-electron chi connectivity index (χ3n) is 5.60. The van der Waals surface area contributed by atoms with Crippen molar-refractivity contribution >= 4 is 45.1 Å². The highest BCUT2D eigenvalue weighted by Gasteiger charge is 2.29. The summed E-state index contributed by atoms with van der Waals surface area (Å²) in [4.78, 5) is 43.9. The highest BCUT2D eigenvalue weighted by molar-refractivity contribution is 7.17. The van der Waals surface area contributed by atoms with Gasteiger partial charge in [0.25, 0.3) is 5.91 Å². The Bertz CT molecular complexity index is 1230. The molecule has 0 unspecified atom stereocenters. The summed E-state index contributed by atoms with van der Waals surface area (Å²) in [5, 5.41) is 3.92. The molecule has 1 aliphatic rings. The van der Waals surface area contributed by atoms with Gasteiger partial charge in [-0.3, -0.25) is 9.78 Å². The van der Waals surface area contributed by atoms with E-state index in [0.717, 1.165) is 36.1 Å². The number of thiophene rings is 1. The minimum atomic E-state index is -1.06. The molecule has 0 bridgehead atoms. The fourth-order valence-electron chi connectivity index (χ4n) is 4.04. The first kappa shape index (κ1) is 22.9. The lowest BCUT2D eigenvalue weighted by atomic mass is 9.95. The van der Waals surface area contributed by atoms with E-state index in [0.29, 0.717) is 32.7 Å². The molecule has 4 rings (SSSR count). The molecule has 1 amide bonds. The number of carbonyl (C=O) groups is 3. The molecule has 0 fully saturated rings. The third-order valence-corrected chi connectivity index (χ3v) is 6.81. The van der Waals surface area contributed by atoms with Crippen molar-refractivity contribution in [1.82, 2.24) is 4.98 Å². The standard InChI is InChI=1S/C25H26N2O5S/c1-4-31-25(30)21-17-10-6-8-12-20(17)33-23(21)27-22(28)15(3)32-24(29)18-13-14(2)26-19-11-7-5-9-16(18)19/h5,7,9,11,13,15H,4,6,8,10,12H2,1-3H3,(H,27,28)/t15-/m0/s1. The van der Waals surface area contributed by atoms with Gasteiger partial charge >= 0.3 is 11.9 Å². The van der Waals surface area contributed by atoms with Gasteiger partial charge in [0, 0.05) is 16.0 Å². The first-order valence-electron chi connectivity index (χ1n) is 11.1. The van der Waals surface area contributed by atoms with Crippen molar-refractivity contribution in [2.75, 3.05) is 11.9 Å². The first-order chi connectivity index (χ1) is 15.9. The minimum absolute atomic E-state index is 0.254. The Kier molecular flexibility index (Phi) is 6.74. The molecule has 1 aliphatic carbocycles. The van der Waals surface area contributed by atoms with E-state index < -0.39 is 23.9 Å². The molecule has 0 saturated heterocycles. The van der Waals surface area contributed by atoms with E-state index in [1.807, 2.05) is 18.2 Å².